The molecule has 0 aromatic heterocycles. The van der Waals surface area contributed by atoms with Crippen molar-refractivity contribution in [1.82, 2.24) is 9.80 Å². The van der Waals surface area contributed by atoms with Gasteiger partial charge in [0.25, 0.3) is 0 Å². The van der Waals surface area contributed by atoms with Crippen molar-refractivity contribution in [3.05, 3.63) is 0 Å². The van der Waals surface area contributed by atoms with Crippen molar-refractivity contribution in [2.45, 2.75) is 39.2 Å². The minimum atomic E-state index is -0.210. The van der Waals surface area contributed by atoms with Crippen LogP contribution in [-0.4, -0.2) is 65.9 Å². The average Bonchev–Trinajstić information content (AvgIpc) is 2.39. The number of hydrogen-bond acceptors (Lipinski definition) is 4. The lowest BCUT2D eigenvalue weighted by Crippen LogP contribution is -2.57. The van der Waals surface area contributed by atoms with Crippen LogP contribution in [0.3, 0.4) is 0 Å². The maximum atomic E-state index is 11.7. The van der Waals surface area contributed by atoms with Gasteiger partial charge in [0, 0.05) is 31.7 Å². The Morgan fingerprint density at radius 3 is 2.39 bits per heavy atom. The predicted octanol–water partition coefficient (Wildman–Crippen LogP) is 1.31. The molecule has 18 heavy (non-hydrogen) atoms. The summed E-state index contributed by atoms with van der Waals surface area (Å²) in [5.74, 6) is 0. The van der Waals surface area contributed by atoms with Crippen LogP contribution >= 0.6 is 0 Å². The molecule has 5 nitrogen and oxygen atoms in total. The zero-order chi connectivity index (χ0) is 13.6. The lowest BCUT2D eigenvalue weighted by Gasteiger charge is -2.42. The number of aliphatic hydroxyl groups is 1. The van der Waals surface area contributed by atoms with Crippen molar-refractivity contribution in [3.63, 3.8) is 0 Å². The first-order valence-electron chi connectivity index (χ1n) is 6.79. The number of piperazine rings is 1. The summed E-state index contributed by atoms with van der Waals surface area (Å²) in [5.41, 5.74) is -0.210. The first-order chi connectivity index (χ1) is 8.51. The Labute approximate surface area is 110 Å². The van der Waals surface area contributed by atoms with Crippen molar-refractivity contribution in [1.29, 1.82) is 0 Å². The number of unbranched alkanes of at least 4 members (excludes halogenated alkanes) is 1. The van der Waals surface area contributed by atoms with Crippen LogP contribution in [-0.2, 0) is 4.74 Å². The zero-order valence-electron chi connectivity index (χ0n) is 11.8. The van der Waals surface area contributed by atoms with Gasteiger partial charge in [0.1, 0.15) is 0 Å². The molecule has 0 spiro atoms. The van der Waals surface area contributed by atoms with E-state index >= 15 is 0 Å². The van der Waals surface area contributed by atoms with Crippen LogP contribution in [0.4, 0.5) is 4.79 Å². The van der Waals surface area contributed by atoms with Gasteiger partial charge in [0.05, 0.1) is 13.2 Å². The van der Waals surface area contributed by atoms with Gasteiger partial charge in [-0.15, -0.1) is 0 Å². The molecule has 0 aliphatic carbocycles. The highest BCUT2D eigenvalue weighted by Gasteiger charge is 2.30. The van der Waals surface area contributed by atoms with Crippen molar-refractivity contribution in [2.24, 2.45) is 0 Å². The van der Waals surface area contributed by atoms with Crippen LogP contribution in [0.1, 0.15) is 33.6 Å². The maximum Gasteiger partial charge on any atom is 0.409 e. The van der Waals surface area contributed by atoms with Crippen LogP contribution in [0.15, 0.2) is 0 Å². The normalized spacial score (nSPS) is 17.9. The first kappa shape index (κ1) is 15.2. The van der Waals surface area contributed by atoms with E-state index in [4.69, 9.17) is 4.74 Å². The first-order valence-corrected chi connectivity index (χ1v) is 6.79. The number of ether oxygens (including phenoxy) is 1. The molecule has 0 unspecified atom stereocenters. The monoisotopic (exact) mass is 258 g/mol. The molecule has 1 saturated heterocycles. The predicted molar refractivity (Wildman–Crippen MR) is 70.6 cm³/mol. The molecule has 1 heterocycles. The molecule has 1 rings (SSSR count). The van der Waals surface area contributed by atoms with Crippen molar-refractivity contribution in [2.75, 3.05) is 39.4 Å². The van der Waals surface area contributed by atoms with Gasteiger partial charge in [0.15, 0.2) is 0 Å². The van der Waals surface area contributed by atoms with Gasteiger partial charge in [0.2, 0.25) is 0 Å². The molecule has 1 aliphatic heterocycles. The average molecular weight is 258 g/mol. The van der Waals surface area contributed by atoms with Gasteiger partial charge >= 0.3 is 6.09 Å². The molecule has 106 valence electrons. The second-order valence-corrected chi connectivity index (χ2v) is 5.41. The lowest BCUT2D eigenvalue weighted by molar-refractivity contribution is 0.0132. The van der Waals surface area contributed by atoms with Crippen molar-refractivity contribution >= 4 is 6.09 Å². The van der Waals surface area contributed by atoms with Gasteiger partial charge in [-0.1, -0.05) is 13.3 Å². The van der Waals surface area contributed by atoms with Gasteiger partial charge in [-0.25, -0.2) is 4.79 Å². The molecule has 0 aromatic rings. The fourth-order valence-electron chi connectivity index (χ4n) is 1.99. The van der Waals surface area contributed by atoms with Crippen LogP contribution in [0, 0.1) is 0 Å². The molecular weight excluding hydrogens is 232 g/mol. The molecule has 1 fully saturated rings. The Bertz CT molecular complexity index is 261. The highest BCUT2D eigenvalue weighted by molar-refractivity contribution is 5.67. The van der Waals surface area contributed by atoms with E-state index < -0.39 is 0 Å². The molecular formula is C13H26N2O3. The molecule has 0 saturated carbocycles. The second kappa shape index (κ2) is 6.95. The summed E-state index contributed by atoms with van der Waals surface area (Å²) >= 11 is 0. The zero-order valence-corrected chi connectivity index (χ0v) is 11.8. The SMILES string of the molecule is CCCCOC(=O)N1CCN(C(C)(C)CO)CC1. The van der Waals surface area contributed by atoms with Crippen molar-refractivity contribution in [3.8, 4) is 0 Å². The van der Waals surface area contributed by atoms with E-state index in [1.165, 1.54) is 0 Å². The maximum absolute atomic E-state index is 11.7. The highest BCUT2D eigenvalue weighted by Crippen LogP contribution is 2.16. The molecule has 0 radical (unpaired) electrons. The molecule has 1 aliphatic rings. The Balaban J connectivity index is 2.32. The largest absolute Gasteiger partial charge is 0.449 e. The summed E-state index contributed by atoms with van der Waals surface area (Å²) in [6.07, 6.45) is 1.75. The van der Waals surface area contributed by atoms with E-state index in [1.807, 2.05) is 13.8 Å². The Hall–Kier alpha value is -0.810. The molecule has 1 N–H and O–H groups in total. The quantitative estimate of drug-likeness (QED) is 0.756. The molecule has 1 amide bonds. The van der Waals surface area contributed by atoms with Gasteiger partial charge in [-0.3, -0.25) is 4.90 Å². The molecule has 5 heteroatoms. The fourth-order valence-corrected chi connectivity index (χ4v) is 1.99. The van der Waals surface area contributed by atoms with Crippen LogP contribution in [0.2, 0.25) is 0 Å². The van der Waals surface area contributed by atoms with E-state index in [0.29, 0.717) is 19.7 Å². The van der Waals surface area contributed by atoms with E-state index in [2.05, 4.69) is 11.8 Å². The Morgan fingerprint density at radius 1 is 1.28 bits per heavy atom. The molecule has 0 atom stereocenters. The Kier molecular flexibility index (Phi) is 5.88. The Morgan fingerprint density at radius 2 is 1.89 bits per heavy atom. The molecule has 0 aromatic carbocycles. The summed E-state index contributed by atoms with van der Waals surface area (Å²) in [7, 11) is 0. The third-order valence-corrected chi connectivity index (χ3v) is 3.50. The topological polar surface area (TPSA) is 53.0 Å². The fraction of sp³-hybridized carbons (Fsp3) is 0.923. The number of rotatable bonds is 5. The standard InChI is InChI=1S/C13H26N2O3/c1-4-5-10-18-12(17)14-6-8-15(9-7-14)13(2,3)11-16/h16H,4-11H2,1-3H3. The van der Waals surface area contributed by atoms with Gasteiger partial charge < -0.3 is 14.7 Å². The van der Waals surface area contributed by atoms with Crippen LogP contribution in [0.25, 0.3) is 0 Å². The van der Waals surface area contributed by atoms with E-state index in [1.54, 1.807) is 4.90 Å². The smallest absolute Gasteiger partial charge is 0.409 e. The number of carbonyl (C=O) groups is 1. The van der Waals surface area contributed by atoms with E-state index in [0.717, 1.165) is 25.9 Å². The van der Waals surface area contributed by atoms with E-state index in [9.17, 15) is 9.90 Å². The van der Waals surface area contributed by atoms with Crippen LogP contribution in [0.5, 0.6) is 0 Å². The van der Waals surface area contributed by atoms with E-state index in [-0.39, 0.29) is 18.2 Å². The van der Waals surface area contributed by atoms with Crippen molar-refractivity contribution < 1.29 is 14.6 Å². The summed E-state index contributed by atoms with van der Waals surface area (Å²) in [4.78, 5) is 15.7. The second-order valence-electron chi connectivity index (χ2n) is 5.41. The number of hydrogen-bond donors (Lipinski definition) is 1. The third kappa shape index (κ3) is 4.14. The number of amides is 1. The number of aliphatic hydroxyl groups excluding tert-OH is 1. The summed E-state index contributed by atoms with van der Waals surface area (Å²) in [5, 5.41) is 9.32. The van der Waals surface area contributed by atoms with Crippen LogP contribution < -0.4 is 0 Å². The minimum Gasteiger partial charge on any atom is -0.449 e. The summed E-state index contributed by atoms with van der Waals surface area (Å²) < 4.78 is 5.19. The summed E-state index contributed by atoms with van der Waals surface area (Å²) in [6.45, 7) is 9.68. The lowest BCUT2D eigenvalue weighted by atomic mass is 10.0. The minimum absolute atomic E-state index is 0.133. The number of carbonyl (C=O) groups excluding carboxylic acids is 1. The molecule has 0 bridgehead atoms. The summed E-state index contributed by atoms with van der Waals surface area (Å²) in [6, 6.07) is 0. The number of nitrogens with zero attached hydrogens (tertiary/aromatic N) is 2. The van der Waals surface area contributed by atoms with Gasteiger partial charge in [-0.05, 0) is 20.3 Å². The van der Waals surface area contributed by atoms with Gasteiger partial charge in [-0.2, -0.15) is 0 Å². The third-order valence-electron chi connectivity index (χ3n) is 3.50. The highest BCUT2D eigenvalue weighted by atomic mass is 16.6.